The van der Waals surface area contributed by atoms with Crippen LogP contribution in [-0.2, 0) is 14.8 Å². The first kappa shape index (κ1) is 9.89. The third-order valence-corrected chi connectivity index (χ3v) is 5.34. The van der Waals surface area contributed by atoms with Crippen LogP contribution in [0.25, 0.3) is 0 Å². The Bertz CT molecular complexity index is 292. The predicted molar refractivity (Wildman–Crippen MR) is 52.1 cm³/mol. The standard InChI is InChI=1S/C7H12BrNO3S/c8-4-13(10,11)9-6-3-5-1-2-7(6)12-5/h5-7,9H,1-4H2. The Labute approximate surface area is 86.2 Å². The third-order valence-electron chi connectivity index (χ3n) is 2.58. The van der Waals surface area contributed by atoms with Gasteiger partial charge in [0.05, 0.1) is 18.2 Å². The molecule has 0 aromatic rings. The third kappa shape index (κ3) is 2.06. The normalized spacial score (nSPS) is 38.4. The van der Waals surface area contributed by atoms with Crippen molar-refractivity contribution in [1.82, 2.24) is 4.72 Å². The number of hydrogen-bond donors (Lipinski definition) is 1. The van der Waals surface area contributed by atoms with Gasteiger partial charge in [-0.3, -0.25) is 0 Å². The highest BCUT2D eigenvalue weighted by molar-refractivity contribution is 9.10. The second kappa shape index (κ2) is 3.49. The van der Waals surface area contributed by atoms with E-state index >= 15 is 0 Å². The molecule has 0 aromatic carbocycles. The van der Waals surface area contributed by atoms with Crippen LogP contribution in [0, 0.1) is 0 Å². The van der Waals surface area contributed by atoms with Crippen molar-refractivity contribution in [3.05, 3.63) is 0 Å². The molecule has 4 nitrogen and oxygen atoms in total. The summed E-state index contributed by atoms with van der Waals surface area (Å²) in [7, 11) is -3.14. The topological polar surface area (TPSA) is 55.4 Å². The Balaban J connectivity index is 1.97. The molecule has 0 aromatic heterocycles. The van der Waals surface area contributed by atoms with Gasteiger partial charge < -0.3 is 4.74 Å². The van der Waals surface area contributed by atoms with Gasteiger partial charge in [-0.25, -0.2) is 13.1 Å². The summed E-state index contributed by atoms with van der Waals surface area (Å²) in [5.74, 6) is 0. The van der Waals surface area contributed by atoms with Gasteiger partial charge in [0, 0.05) is 0 Å². The van der Waals surface area contributed by atoms with Crippen molar-refractivity contribution in [2.75, 3.05) is 4.66 Å². The minimum absolute atomic E-state index is 0.00120. The van der Waals surface area contributed by atoms with Crippen LogP contribution < -0.4 is 4.72 Å². The zero-order valence-corrected chi connectivity index (χ0v) is 9.47. The molecular formula is C7H12BrNO3S. The maximum absolute atomic E-state index is 11.2. The molecule has 6 heteroatoms. The lowest BCUT2D eigenvalue weighted by atomic mass is 9.96. The maximum Gasteiger partial charge on any atom is 0.221 e. The van der Waals surface area contributed by atoms with Gasteiger partial charge in [-0.05, 0) is 19.3 Å². The fraction of sp³-hybridized carbons (Fsp3) is 1.00. The molecule has 0 radical (unpaired) electrons. The Hall–Kier alpha value is 0.350. The first-order valence-corrected chi connectivity index (χ1v) is 7.09. The van der Waals surface area contributed by atoms with Crippen LogP contribution in [0.15, 0.2) is 0 Å². The van der Waals surface area contributed by atoms with E-state index in [4.69, 9.17) is 4.74 Å². The Morgan fingerprint density at radius 1 is 1.46 bits per heavy atom. The number of sulfonamides is 1. The molecule has 13 heavy (non-hydrogen) atoms. The number of hydrogen-bond acceptors (Lipinski definition) is 3. The molecule has 3 unspecified atom stereocenters. The summed E-state index contributed by atoms with van der Waals surface area (Å²) in [4.78, 5) is 0. The Morgan fingerprint density at radius 3 is 2.69 bits per heavy atom. The summed E-state index contributed by atoms with van der Waals surface area (Å²) in [6.07, 6.45) is 3.29. The maximum atomic E-state index is 11.2. The van der Waals surface area contributed by atoms with Crippen LogP contribution >= 0.6 is 15.9 Å². The molecule has 2 heterocycles. The largest absolute Gasteiger partial charge is 0.373 e. The monoisotopic (exact) mass is 269 g/mol. The lowest BCUT2D eigenvalue weighted by molar-refractivity contribution is 0.0996. The SMILES string of the molecule is O=S(=O)(CBr)NC1CC2CCC1O2. The van der Waals surface area contributed by atoms with E-state index in [1.807, 2.05) is 0 Å². The molecule has 1 N–H and O–H groups in total. The van der Waals surface area contributed by atoms with E-state index in [1.165, 1.54) is 0 Å². The summed E-state index contributed by atoms with van der Waals surface area (Å²) in [6.45, 7) is 0. The van der Waals surface area contributed by atoms with Gasteiger partial charge in [0.15, 0.2) is 0 Å². The lowest BCUT2D eigenvalue weighted by Crippen LogP contribution is -2.41. The van der Waals surface area contributed by atoms with E-state index in [-0.39, 0.29) is 22.9 Å². The molecule has 2 aliphatic heterocycles. The molecule has 2 fully saturated rings. The molecular weight excluding hydrogens is 258 g/mol. The number of rotatable bonds is 3. The van der Waals surface area contributed by atoms with Gasteiger partial charge in [0.25, 0.3) is 0 Å². The first-order chi connectivity index (χ1) is 6.11. The fourth-order valence-corrected chi connectivity index (χ4v) is 3.19. The molecule has 0 aliphatic carbocycles. The van der Waals surface area contributed by atoms with Gasteiger partial charge in [-0.1, -0.05) is 15.9 Å². The van der Waals surface area contributed by atoms with Crippen molar-refractivity contribution < 1.29 is 13.2 Å². The van der Waals surface area contributed by atoms with Gasteiger partial charge in [-0.2, -0.15) is 0 Å². The summed E-state index contributed by atoms with van der Waals surface area (Å²) >= 11 is 2.94. The second-order valence-electron chi connectivity index (χ2n) is 3.56. The highest BCUT2D eigenvalue weighted by atomic mass is 79.9. The molecule has 0 spiro atoms. The molecule has 2 bridgehead atoms. The van der Waals surface area contributed by atoms with Crippen LogP contribution in [0.5, 0.6) is 0 Å². The summed E-state index contributed by atoms with van der Waals surface area (Å²) in [5, 5.41) is 0. The molecule has 2 rings (SSSR count). The van der Waals surface area contributed by atoms with Crippen LogP contribution in [0.4, 0.5) is 0 Å². The van der Waals surface area contributed by atoms with Gasteiger partial charge in [0.1, 0.15) is 4.66 Å². The smallest absolute Gasteiger partial charge is 0.221 e. The second-order valence-corrected chi connectivity index (χ2v) is 6.61. The molecule has 2 saturated heterocycles. The number of halogens is 1. The summed E-state index contributed by atoms with van der Waals surface area (Å²) in [6, 6.07) is 0.00120. The molecule has 0 amide bonds. The summed E-state index contributed by atoms with van der Waals surface area (Å²) in [5.41, 5.74) is 0. The first-order valence-electron chi connectivity index (χ1n) is 4.32. The number of fused-ring (bicyclic) bond motifs is 2. The van der Waals surface area contributed by atoms with Crippen molar-refractivity contribution in [2.45, 2.75) is 37.5 Å². The minimum atomic E-state index is -3.14. The van der Waals surface area contributed by atoms with E-state index in [1.54, 1.807) is 0 Å². The molecule has 76 valence electrons. The van der Waals surface area contributed by atoms with E-state index in [2.05, 4.69) is 20.7 Å². The van der Waals surface area contributed by atoms with Crippen LogP contribution in [0.2, 0.25) is 0 Å². The van der Waals surface area contributed by atoms with Crippen LogP contribution in [0.3, 0.4) is 0 Å². The van der Waals surface area contributed by atoms with Crippen LogP contribution in [0.1, 0.15) is 19.3 Å². The number of alkyl halides is 1. The van der Waals surface area contributed by atoms with Crippen molar-refractivity contribution in [3.8, 4) is 0 Å². The van der Waals surface area contributed by atoms with Crippen molar-refractivity contribution in [2.24, 2.45) is 0 Å². The van der Waals surface area contributed by atoms with E-state index < -0.39 is 10.0 Å². The van der Waals surface area contributed by atoms with Crippen LogP contribution in [-0.4, -0.2) is 31.3 Å². The van der Waals surface area contributed by atoms with Crippen molar-refractivity contribution in [3.63, 3.8) is 0 Å². The van der Waals surface area contributed by atoms with Gasteiger partial charge in [-0.15, -0.1) is 0 Å². The number of ether oxygens (including phenoxy) is 1. The van der Waals surface area contributed by atoms with E-state index in [0.29, 0.717) is 0 Å². The Kier molecular flexibility index (Phi) is 2.65. The van der Waals surface area contributed by atoms with E-state index in [9.17, 15) is 8.42 Å². The fourth-order valence-electron chi connectivity index (χ4n) is 2.02. The van der Waals surface area contributed by atoms with Gasteiger partial charge >= 0.3 is 0 Å². The summed E-state index contributed by atoms with van der Waals surface area (Å²) < 4.78 is 30.6. The zero-order chi connectivity index (χ0) is 9.47. The highest BCUT2D eigenvalue weighted by Gasteiger charge is 2.42. The number of nitrogens with one attached hydrogen (secondary N) is 1. The molecule has 3 atom stereocenters. The predicted octanol–water partition coefficient (Wildman–Crippen LogP) is 0.578. The average molecular weight is 270 g/mol. The van der Waals surface area contributed by atoms with Crippen molar-refractivity contribution in [1.29, 1.82) is 0 Å². The Morgan fingerprint density at radius 2 is 2.23 bits per heavy atom. The highest BCUT2D eigenvalue weighted by Crippen LogP contribution is 2.34. The molecule has 2 aliphatic rings. The van der Waals surface area contributed by atoms with Gasteiger partial charge in [0.2, 0.25) is 10.0 Å². The zero-order valence-electron chi connectivity index (χ0n) is 7.07. The average Bonchev–Trinajstić information content (AvgIpc) is 2.64. The quantitative estimate of drug-likeness (QED) is 0.763. The molecule has 0 saturated carbocycles. The van der Waals surface area contributed by atoms with Crippen molar-refractivity contribution >= 4 is 26.0 Å². The lowest BCUT2D eigenvalue weighted by Gasteiger charge is -2.18. The van der Waals surface area contributed by atoms with E-state index in [0.717, 1.165) is 19.3 Å². The minimum Gasteiger partial charge on any atom is -0.373 e.